The van der Waals surface area contributed by atoms with Gasteiger partial charge in [0.15, 0.2) is 0 Å². The van der Waals surface area contributed by atoms with E-state index in [4.69, 9.17) is 5.11 Å². The van der Waals surface area contributed by atoms with Crippen LogP contribution in [0.2, 0.25) is 0 Å². The smallest absolute Gasteiger partial charge is 0.328 e. The van der Waals surface area contributed by atoms with Gasteiger partial charge < -0.3 is 10.4 Å². The number of carbonyl (C=O) groups is 3. The molecule has 1 aromatic heterocycles. The third-order valence-electron chi connectivity index (χ3n) is 1.90. The van der Waals surface area contributed by atoms with Crippen LogP contribution in [-0.2, 0) is 9.59 Å². The van der Waals surface area contributed by atoms with Gasteiger partial charge in [0.25, 0.3) is 5.91 Å². The van der Waals surface area contributed by atoms with Crippen molar-refractivity contribution >= 4 is 23.6 Å². The highest BCUT2D eigenvalue weighted by Crippen LogP contribution is 2.10. The average Bonchev–Trinajstić information content (AvgIpc) is 2.29. The summed E-state index contributed by atoms with van der Waals surface area (Å²) < 4.78 is 0. The monoisotopic (exact) mass is 249 g/mol. The molecule has 0 bridgehead atoms. The standard InChI is InChI=1S/C11H11N3O4/c1-7-4-5-12-6-8(7)13-11(18)14-9(15)2-3-10(16)17/h2-6H,1H3,(H,16,17)(H2,13,14,15,18). The van der Waals surface area contributed by atoms with E-state index in [1.807, 2.05) is 5.32 Å². The number of aromatic nitrogens is 1. The van der Waals surface area contributed by atoms with E-state index in [0.29, 0.717) is 11.8 Å². The molecule has 0 unspecified atom stereocenters. The highest BCUT2D eigenvalue weighted by atomic mass is 16.4. The minimum absolute atomic E-state index is 0.463. The summed E-state index contributed by atoms with van der Waals surface area (Å²) in [5.41, 5.74) is 1.25. The fourth-order valence-corrected chi connectivity index (χ4v) is 1.05. The van der Waals surface area contributed by atoms with Crippen LogP contribution in [0.5, 0.6) is 0 Å². The first-order valence-corrected chi connectivity index (χ1v) is 4.92. The van der Waals surface area contributed by atoms with Gasteiger partial charge in [0, 0.05) is 18.3 Å². The largest absolute Gasteiger partial charge is 0.478 e. The third-order valence-corrected chi connectivity index (χ3v) is 1.90. The molecule has 94 valence electrons. The van der Waals surface area contributed by atoms with Crippen LogP contribution >= 0.6 is 0 Å². The van der Waals surface area contributed by atoms with Crippen LogP contribution < -0.4 is 10.6 Å². The molecule has 7 heteroatoms. The van der Waals surface area contributed by atoms with E-state index in [0.717, 1.165) is 11.6 Å². The number of hydrogen-bond acceptors (Lipinski definition) is 4. The molecule has 0 radical (unpaired) electrons. The van der Waals surface area contributed by atoms with E-state index in [9.17, 15) is 14.4 Å². The van der Waals surface area contributed by atoms with Crippen LogP contribution in [0.25, 0.3) is 0 Å². The summed E-state index contributed by atoms with van der Waals surface area (Å²) in [6, 6.07) is 0.938. The number of amides is 3. The van der Waals surface area contributed by atoms with Gasteiger partial charge in [-0.3, -0.25) is 15.1 Å². The van der Waals surface area contributed by atoms with Gasteiger partial charge in [0.1, 0.15) is 0 Å². The van der Waals surface area contributed by atoms with Crippen LogP contribution in [0.4, 0.5) is 10.5 Å². The number of urea groups is 1. The lowest BCUT2D eigenvalue weighted by atomic mass is 10.2. The average molecular weight is 249 g/mol. The zero-order chi connectivity index (χ0) is 13.5. The highest BCUT2D eigenvalue weighted by Gasteiger charge is 2.06. The van der Waals surface area contributed by atoms with Crippen molar-refractivity contribution in [2.75, 3.05) is 5.32 Å². The fourth-order valence-electron chi connectivity index (χ4n) is 1.05. The number of pyridine rings is 1. The number of aliphatic carboxylic acids is 1. The molecule has 3 amide bonds. The summed E-state index contributed by atoms with van der Waals surface area (Å²) in [5.74, 6) is -2.09. The summed E-state index contributed by atoms with van der Waals surface area (Å²) in [6.45, 7) is 1.77. The van der Waals surface area contributed by atoms with Crippen LogP contribution in [0.3, 0.4) is 0 Å². The van der Waals surface area contributed by atoms with E-state index < -0.39 is 17.9 Å². The summed E-state index contributed by atoms with van der Waals surface area (Å²) in [4.78, 5) is 36.4. The normalized spacial score (nSPS) is 10.1. The van der Waals surface area contributed by atoms with Gasteiger partial charge in [0.05, 0.1) is 11.9 Å². The minimum Gasteiger partial charge on any atom is -0.478 e. The number of carbonyl (C=O) groups excluding carboxylic acids is 2. The van der Waals surface area contributed by atoms with Gasteiger partial charge in [-0.1, -0.05) is 0 Å². The second-order valence-electron chi connectivity index (χ2n) is 3.31. The Hall–Kier alpha value is -2.70. The molecule has 7 nitrogen and oxygen atoms in total. The molecule has 3 N–H and O–H groups in total. The fraction of sp³-hybridized carbons (Fsp3) is 0.0909. The summed E-state index contributed by atoms with van der Waals surface area (Å²) in [7, 11) is 0. The quantitative estimate of drug-likeness (QED) is 0.682. The van der Waals surface area contributed by atoms with Crippen molar-refractivity contribution in [1.29, 1.82) is 0 Å². The van der Waals surface area contributed by atoms with Gasteiger partial charge in [0.2, 0.25) is 0 Å². The maximum atomic E-state index is 11.4. The van der Waals surface area contributed by atoms with E-state index in [1.54, 1.807) is 19.2 Å². The molecule has 1 aromatic rings. The molecule has 0 spiro atoms. The SMILES string of the molecule is Cc1ccncc1NC(=O)NC(=O)C=CC(=O)O. The number of hydrogen-bond donors (Lipinski definition) is 3. The number of nitrogens with one attached hydrogen (secondary N) is 2. The Balaban J connectivity index is 2.55. The number of nitrogens with zero attached hydrogens (tertiary/aromatic N) is 1. The summed E-state index contributed by atoms with van der Waals surface area (Å²) in [5, 5.41) is 12.7. The molecule has 1 rings (SSSR count). The van der Waals surface area contributed by atoms with Crippen LogP contribution in [0, 0.1) is 6.92 Å². The first-order chi connectivity index (χ1) is 8.49. The van der Waals surface area contributed by atoms with Crippen molar-refractivity contribution in [2.24, 2.45) is 0 Å². The second-order valence-corrected chi connectivity index (χ2v) is 3.31. The Bertz CT molecular complexity index is 511. The molecule has 18 heavy (non-hydrogen) atoms. The predicted molar refractivity (Wildman–Crippen MR) is 62.9 cm³/mol. The molecule has 0 fully saturated rings. The number of carboxylic acid groups (broad SMARTS) is 1. The molecule has 0 aliphatic rings. The third kappa shape index (κ3) is 4.44. The number of carboxylic acids is 1. The van der Waals surface area contributed by atoms with Crippen molar-refractivity contribution in [2.45, 2.75) is 6.92 Å². The van der Waals surface area contributed by atoms with Crippen molar-refractivity contribution in [3.05, 3.63) is 36.2 Å². The molecule has 0 aromatic carbocycles. The van der Waals surface area contributed by atoms with Crippen LogP contribution in [0.15, 0.2) is 30.6 Å². The maximum absolute atomic E-state index is 11.4. The topological polar surface area (TPSA) is 108 Å². The lowest BCUT2D eigenvalue weighted by molar-refractivity contribution is -0.131. The molecule has 1 heterocycles. The summed E-state index contributed by atoms with van der Waals surface area (Å²) in [6.07, 6.45) is 4.39. The number of imide groups is 1. The van der Waals surface area contributed by atoms with E-state index in [-0.39, 0.29) is 0 Å². The molecular weight excluding hydrogens is 238 g/mol. The van der Waals surface area contributed by atoms with Crippen molar-refractivity contribution < 1.29 is 19.5 Å². The van der Waals surface area contributed by atoms with Gasteiger partial charge in [-0.25, -0.2) is 9.59 Å². The summed E-state index contributed by atoms with van der Waals surface area (Å²) >= 11 is 0. The Labute approximate surface area is 103 Å². The Morgan fingerprint density at radius 1 is 1.33 bits per heavy atom. The Morgan fingerprint density at radius 2 is 2.06 bits per heavy atom. The van der Waals surface area contributed by atoms with Gasteiger partial charge in [-0.05, 0) is 18.6 Å². The maximum Gasteiger partial charge on any atom is 0.328 e. The lowest BCUT2D eigenvalue weighted by Gasteiger charge is -2.06. The van der Waals surface area contributed by atoms with E-state index in [2.05, 4.69) is 10.3 Å². The molecule has 0 atom stereocenters. The van der Waals surface area contributed by atoms with Gasteiger partial charge >= 0.3 is 12.0 Å². The zero-order valence-electron chi connectivity index (χ0n) is 9.51. The number of aryl methyl sites for hydroxylation is 1. The van der Waals surface area contributed by atoms with Crippen LogP contribution in [-0.4, -0.2) is 28.0 Å². The van der Waals surface area contributed by atoms with E-state index in [1.165, 1.54) is 6.20 Å². The number of rotatable bonds is 3. The first-order valence-electron chi connectivity index (χ1n) is 4.92. The van der Waals surface area contributed by atoms with Crippen molar-refractivity contribution in [1.82, 2.24) is 10.3 Å². The second kappa shape index (κ2) is 6.14. The zero-order valence-corrected chi connectivity index (χ0v) is 9.51. The van der Waals surface area contributed by atoms with Crippen molar-refractivity contribution in [3.63, 3.8) is 0 Å². The molecule has 0 saturated carbocycles. The Morgan fingerprint density at radius 3 is 2.67 bits per heavy atom. The van der Waals surface area contributed by atoms with Gasteiger partial charge in [-0.2, -0.15) is 0 Å². The number of anilines is 1. The predicted octanol–water partition coefficient (Wildman–Crippen LogP) is 0.679. The molecular formula is C11H11N3O4. The van der Waals surface area contributed by atoms with Crippen LogP contribution in [0.1, 0.15) is 5.56 Å². The molecule has 0 saturated heterocycles. The first kappa shape index (κ1) is 13.4. The minimum atomic E-state index is -1.27. The molecule has 0 aliphatic carbocycles. The van der Waals surface area contributed by atoms with E-state index >= 15 is 0 Å². The van der Waals surface area contributed by atoms with Crippen molar-refractivity contribution in [3.8, 4) is 0 Å². The highest BCUT2D eigenvalue weighted by molar-refractivity contribution is 6.06. The lowest BCUT2D eigenvalue weighted by Crippen LogP contribution is -2.33. The van der Waals surface area contributed by atoms with Gasteiger partial charge in [-0.15, -0.1) is 0 Å². The molecule has 0 aliphatic heterocycles. The Kier molecular flexibility index (Phi) is 4.56.